The van der Waals surface area contributed by atoms with E-state index in [1.165, 1.54) is 0 Å². The molecule has 0 N–H and O–H groups in total. The largest absolute Gasteiger partial charge is 0.436 e. The van der Waals surface area contributed by atoms with E-state index in [1.807, 2.05) is 84.9 Å². The van der Waals surface area contributed by atoms with Gasteiger partial charge in [-0.25, -0.2) is 19.9 Å². The molecule has 0 atom stereocenters. The summed E-state index contributed by atoms with van der Waals surface area (Å²) in [6.07, 6.45) is 0. The second kappa shape index (κ2) is 10.6. The summed E-state index contributed by atoms with van der Waals surface area (Å²) in [6, 6.07) is 51.1. The van der Waals surface area contributed by atoms with Crippen LogP contribution in [0.25, 0.3) is 84.2 Å². The Morgan fingerprint density at radius 2 is 1.04 bits per heavy atom. The van der Waals surface area contributed by atoms with Crippen molar-refractivity contribution in [1.82, 2.24) is 24.5 Å². The summed E-state index contributed by atoms with van der Waals surface area (Å²) in [5, 5.41) is 2.21. The summed E-state index contributed by atoms with van der Waals surface area (Å²) in [6.45, 7) is 0. The van der Waals surface area contributed by atoms with Crippen molar-refractivity contribution in [3.05, 3.63) is 152 Å². The normalized spacial score (nSPS) is 11.5. The smallest absolute Gasteiger partial charge is 0.228 e. The van der Waals surface area contributed by atoms with Crippen LogP contribution < -0.4 is 0 Å². The Hall–Kier alpha value is -6.40. The highest BCUT2D eigenvalue weighted by atomic mass is 16.3. The van der Waals surface area contributed by atoms with Gasteiger partial charge in [0, 0.05) is 38.7 Å². The van der Waals surface area contributed by atoms with Crippen LogP contribution in [-0.4, -0.2) is 24.5 Å². The van der Waals surface area contributed by atoms with Crippen LogP contribution >= 0.6 is 0 Å². The summed E-state index contributed by atoms with van der Waals surface area (Å²) in [5.41, 5.74) is 8.49. The van der Waals surface area contributed by atoms with Gasteiger partial charge in [-0.15, -0.1) is 0 Å². The van der Waals surface area contributed by atoms with Crippen molar-refractivity contribution < 1.29 is 4.42 Å². The van der Waals surface area contributed by atoms with Gasteiger partial charge in [-0.1, -0.05) is 109 Å². The van der Waals surface area contributed by atoms with Crippen LogP contribution in [-0.2, 0) is 0 Å². The quantitative estimate of drug-likeness (QED) is 0.199. The highest BCUT2D eigenvalue weighted by Crippen LogP contribution is 2.39. The van der Waals surface area contributed by atoms with Crippen molar-refractivity contribution in [2.75, 3.05) is 0 Å². The van der Waals surface area contributed by atoms with Crippen LogP contribution in [0.3, 0.4) is 0 Å². The Labute approximate surface area is 264 Å². The molecule has 0 aliphatic heterocycles. The number of aromatic nitrogens is 5. The molecule has 3 heterocycles. The van der Waals surface area contributed by atoms with Gasteiger partial charge in [-0.3, -0.25) is 0 Å². The first kappa shape index (κ1) is 26.0. The molecule has 9 rings (SSSR count). The second-order valence-electron chi connectivity index (χ2n) is 11.1. The van der Waals surface area contributed by atoms with Gasteiger partial charge < -0.3 is 8.98 Å². The summed E-state index contributed by atoms with van der Waals surface area (Å²) < 4.78 is 8.54. The molecule has 0 aliphatic rings. The van der Waals surface area contributed by atoms with E-state index < -0.39 is 0 Å². The lowest BCUT2D eigenvalue weighted by molar-refractivity contribution is 0.620. The second-order valence-corrected chi connectivity index (χ2v) is 11.1. The fraction of sp³-hybridized carbons (Fsp3) is 0. The zero-order valence-electron chi connectivity index (χ0n) is 24.6. The van der Waals surface area contributed by atoms with Crippen molar-refractivity contribution in [1.29, 1.82) is 0 Å². The van der Waals surface area contributed by atoms with Crippen molar-refractivity contribution in [3.8, 4) is 51.3 Å². The first-order valence-corrected chi connectivity index (χ1v) is 15.2. The highest BCUT2D eigenvalue weighted by molar-refractivity contribution is 6.15. The van der Waals surface area contributed by atoms with Gasteiger partial charge in [-0.05, 0) is 42.5 Å². The molecule has 0 fully saturated rings. The molecule has 0 spiro atoms. The summed E-state index contributed by atoms with van der Waals surface area (Å²) in [5.74, 6) is 2.49. The lowest BCUT2D eigenvalue weighted by Crippen LogP contribution is -2.01. The molecule has 0 saturated heterocycles. The Morgan fingerprint density at radius 3 is 1.78 bits per heavy atom. The zero-order chi connectivity index (χ0) is 30.5. The molecular formula is C40H25N5O. The number of oxazole rings is 1. The Bertz CT molecular complexity index is 2440. The molecular weight excluding hydrogens is 566 g/mol. The van der Waals surface area contributed by atoms with E-state index in [2.05, 4.69) is 71.3 Å². The maximum atomic E-state index is 6.26. The van der Waals surface area contributed by atoms with Gasteiger partial charge in [0.1, 0.15) is 5.52 Å². The number of nitrogens with zero attached hydrogens (tertiary/aromatic N) is 5. The van der Waals surface area contributed by atoms with Crippen LogP contribution in [0.4, 0.5) is 0 Å². The maximum Gasteiger partial charge on any atom is 0.228 e. The molecule has 0 radical (unpaired) electrons. The van der Waals surface area contributed by atoms with Gasteiger partial charge in [-0.2, -0.15) is 0 Å². The third kappa shape index (κ3) is 4.35. The minimum atomic E-state index is 0.607. The van der Waals surface area contributed by atoms with E-state index in [-0.39, 0.29) is 0 Å². The molecule has 0 unspecified atom stereocenters. The molecule has 0 saturated carbocycles. The molecule has 46 heavy (non-hydrogen) atoms. The standard InChI is InChI=1S/C40H25N5O/c1-3-13-26(14-4-1)37-42-38(27-15-5-2-6-16-27)44-39(43-37)28-17-11-18-29(25-28)45-33-22-9-7-19-30(33)36-31(20-12-23-34(36)45)40-41-32-21-8-10-24-35(32)46-40/h1-25H. The topological polar surface area (TPSA) is 69.6 Å². The average molecular weight is 592 g/mol. The molecule has 3 aromatic heterocycles. The predicted octanol–water partition coefficient (Wildman–Crippen LogP) is 9.78. The summed E-state index contributed by atoms with van der Waals surface area (Å²) in [4.78, 5) is 19.6. The first-order valence-electron chi connectivity index (χ1n) is 15.2. The molecule has 0 bridgehead atoms. The highest BCUT2D eigenvalue weighted by Gasteiger charge is 2.20. The van der Waals surface area contributed by atoms with Crippen LogP contribution in [0.2, 0.25) is 0 Å². The Balaban J connectivity index is 1.24. The minimum Gasteiger partial charge on any atom is -0.436 e. The van der Waals surface area contributed by atoms with E-state index in [9.17, 15) is 0 Å². The zero-order valence-corrected chi connectivity index (χ0v) is 24.6. The fourth-order valence-electron chi connectivity index (χ4n) is 6.18. The Kier molecular flexibility index (Phi) is 6.03. The van der Waals surface area contributed by atoms with Crippen molar-refractivity contribution in [3.63, 3.8) is 0 Å². The molecule has 216 valence electrons. The minimum absolute atomic E-state index is 0.607. The van der Waals surface area contributed by atoms with E-state index >= 15 is 0 Å². The van der Waals surface area contributed by atoms with Crippen molar-refractivity contribution in [2.45, 2.75) is 0 Å². The SMILES string of the molecule is c1ccc(-c2nc(-c3ccccc3)nc(-c3cccc(-n4c5ccccc5c5c(-c6nc7ccccc7o6)cccc54)c3)n2)cc1. The van der Waals surface area contributed by atoms with Gasteiger partial charge in [0.2, 0.25) is 5.89 Å². The Morgan fingerprint density at radius 1 is 0.457 bits per heavy atom. The molecule has 9 aromatic rings. The van der Waals surface area contributed by atoms with Gasteiger partial charge in [0.15, 0.2) is 23.1 Å². The van der Waals surface area contributed by atoms with Crippen LogP contribution in [0.5, 0.6) is 0 Å². The molecule has 6 nitrogen and oxygen atoms in total. The molecule has 6 heteroatoms. The average Bonchev–Trinajstić information content (AvgIpc) is 3.72. The van der Waals surface area contributed by atoms with Gasteiger partial charge >= 0.3 is 0 Å². The van der Waals surface area contributed by atoms with E-state index in [4.69, 9.17) is 24.4 Å². The number of fused-ring (bicyclic) bond motifs is 4. The van der Waals surface area contributed by atoms with E-state index in [1.54, 1.807) is 0 Å². The number of hydrogen-bond acceptors (Lipinski definition) is 5. The maximum absolute atomic E-state index is 6.26. The predicted molar refractivity (Wildman–Crippen MR) is 183 cm³/mol. The molecule has 0 amide bonds. The number of rotatable bonds is 5. The third-order valence-corrected chi connectivity index (χ3v) is 8.28. The van der Waals surface area contributed by atoms with Crippen LogP contribution in [0, 0.1) is 0 Å². The first-order chi connectivity index (χ1) is 22.8. The van der Waals surface area contributed by atoms with Crippen LogP contribution in [0.15, 0.2) is 156 Å². The lowest BCUT2D eigenvalue weighted by Gasteiger charge is -2.11. The number of benzene rings is 6. The lowest BCUT2D eigenvalue weighted by atomic mass is 10.1. The molecule has 6 aromatic carbocycles. The van der Waals surface area contributed by atoms with Crippen molar-refractivity contribution >= 4 is 32.9 Å². The van der Waals surface area contributed by atoms with E-state index in [0.29, 0.717) is 23.4 Å². The monoisotopic (exact) mass is 591 g/mol. The third-order valence-electron chi connectivity index (χ3n) is 8.28. The number of para-hydroxylation sites is 3. The molecule has 0 aliphatic carbocycles. The number of hydrogen-bond donors (Lipinski definition) is 0. The van der Waals surface area contributed by atoms with Crippen LogP contribution in [0.1, 0.15) is 0 Å². The fourth-order valence-corrected chi connectivity index (χ4v) is 6.18. The van der Waals surface area contributed by atoms with Gasteiger partial charge in [0.05, 0.1) is 11.0 Å². The van der Waals surface area contributed by atoms with Gasteiger partial charge in [0.25, 0.3) is 0 Å². The summed E-state index contributed by atoms with van der Waals surface area (Å²) in [7, 11) is 0. The van der Waals surface area contributed by atoms with E-state index in [0.717, 1.165) is 60.8 Å². The van der Waals surface area contributed by atoms with Crippen molar-refractivity contribution in [2.24, 2.45) is 0 Å². The summed E-state index contributed by atoms with van der Waals surface area (Å²) >= 11 is 0.